The highest BCUT2D eigenvalue weighted by molar-refractivity contribution is 7.99. The fourth-order valence-corrected chi connectivity index (χ4v) is 7.50. The second kappa shape index (κ2) is 8.44. The molecule has 1 aromatic heterocycles. The highest BCUT2D eigenvalue weighted by Crippen LogP contribution is 2.29. The van der Waals surface area contributed by atoms with E-state index in [0.29, 0.717) is 31.1 Å². The van der Waals surface area contributed by atoms with E-state index in [4.69, 9.17) is 0 Å². The lowest BCUT2D eigenvalue weighted by atomic mass is 10.2. The van der Waals surface area contributed by atoms with Crippen LogP contribution in [0.25, 0.3) is 0 Å². The number of nitrogens with zero attached hydrogens (tertiary/aromatic N) is 2. The molecular formula is C19H23N3O3S3. The van der Waals surface area contributed by atoms with Gasteiger partial charge in [-0.1, -0.05) is 18.2 Å². The Kier molecular flexibility index (Phi) is 5.96. The van der Waals surface area contributed by atoms with E-state index in [0.717, 1.165) is 23.6 Å². The number of anilines is 1. The maximum atomic E-state index is 13.1. The normalized spacial score (nSPS) is 21.0. The first-order valence-electron chi connectivity index (χ1n) is 9.32. The van der Waals surface area contributed by atoms with E-state index in [1.807, 2.05) is 30.3 Å². The van der Waals surface area contributed by atoms with Gasteiger partial charge in [-0.25, -0.2) is 8.42 Å². The van der Waals surface area contributed by atoms with Gasteiger partial charge in [0.05, 0.1) is 0 Å². The maximum absolute atomic E-state index is 13.1. The first-order valence-corrected chi connectivity index (χ1v) is 12.8. The third kappa shape index (κ3) is 4.07. The van der Waals surface area contributed by atoms with Crippen molar-refractivity contribution in [3.63, 3.8) is 0 Å². The lowest BCUT2D eigenvalue weighted by Crippen LogP contribution is -2.39. The van der Waals surface area contributed by atoms with E-state index in [-0.39, 0.29) is 16.8 Å². The molecule has 1 N–H and O–H groups in total. The minimum absolute atomic E-state index is 0.161. The van der Waals surface area contributed by atoms with E-state index in [2.05, 4.69) is 5.32 Å². The quantitative estimate of drug-likeness (QED) is 0.779. The number of thiophene rings is 1. The molecule has 1 aromatic carbocycles. The Hall–Kier alpha value is -1.55. The number of carbonyl (C=O) groups is 1. The van der Waals surface area contributed by atoms with Crippen LogP contribution < -0.4 is 5.32 Å². The summed E-state index contributed by atoms with van der Waals surface area (Å²) in [6.45, 7) is 2.21. The van der Waals surface area contributed by atoms with Gasteiger partial charge in [0.15, 0.2) is 0 Å². The molecule has 150 valence electrons. The van der Waals surface area contributed by atoms with Crippen LogP contribution in [0.1, 0.15) is 16.1 Å². The van der Waals surface area contributed by atoms with Crippen LogP contribution in [-0.4, -0.2) is 67.3 Å². The average molecular weight is 438 g/mol. The number of amides is 1. The molecule has 2 saturated heterocycles. The first-order chi connectivity index (χ1) is 13.6. The molecule has 6 nitrogen and oxygen atoms in total. The lowest BCUT2D eigenvalue weighted by molar-refractivity contribution is 0.0793. The largest absolute Gasteiger partial charge is 0.380 e. The van der Waals surface area contributed by atoms with Gasteiger partial charge in [-0.2, -0.15) is 16.1 Å². The smallest absolute Gasteiger partial charge is 0.265 e. The number of carbonyl (C=O) groups excluding carboxylic acids is 1. The number of hydrogen-bond donors (Lipinski definition) is 1. The molecule has 0 bridgehead atoms. The molecule has 9 heteroatoms. The van der Waals surface area contributed by atoms with Gasteiger partial charge in [-0.3, -0.25) is 4.79 Å². The van der Waals surface area contributed by atoms with Gasteiger partial charge in [0.1, 0.15) is 9.77 Å². The van der Waals surface area contributed by atoms with Gasteiger partial charge >= 0.3 is 0 Å². The summed E-state index contributed by atoms with van der Waals surface area (Å²) < 4.78 is 27.6. The average Bonchev–Trinajstić information content (AvgIpc) is 3.39. The van der Waals surface area contributed by atoms with Crippen molar-refractivity contribution in [2.45, 2.75) is 17.4 Å². The summed E-state index contributed by atoms with van der Waals surface area (Å²) in [5.41, 5.74) is 1.03. The molecule has 3 heterocycles. The molecule has 0 spiro atoms. The van der Waals surface area contributed by atoms with Gasteiger partial charge in [-0.05, 0) is 30.0 Å². The summed E-state index contributed by atoms with van der Waals surface area (Å²) in [5.74, 6) is 1.41. The number of likely N-dealkylation sites (tertiary alicyclic amines) is 1. The fraction of sp³-hybridized carbons (Fsp3) is 0.421. The SMILES string of the molecule is O=C(c1sccc1S(=O)(=O)N1CCSCC1)N1CCC(Nc2ccccc2)C1. The predicted molar refractivity (Wildman–Crippen MR) is 115 cm³/mol. The van der Waals surface area contributed by atoms with Crippen LogP contribution in [0.3, 0.4) is 0 Å². The Morgan fingerprint density at radius 1 is 1.07 bits per heavy atom. The van der Waals surface area contributed by atoms with E-state index in [1.54, 1.807) is 28.1 Å². The standard InChI is InChI=1S/C19H23N3O3S3/c23-19(21-8-6-16(14-21)20-15-4-2-1-3-5-15)18-17(7-11-27-18)28(24,25)22-9-12-26-13-10-22/h1-5,7,11,16,20H,6,8-10,12-14H2. The molecule has 2 aromatic rings. The van der Waals surface area contributed by atoms with Crippen molar-refractivity contribution >= 4 is 44.7 Å². The monoisotopic (exact) mass is 437 g/mol. The third-order valence-corrected chi connectivity index (χ3v) is 8.95. The fourth-order valence-electron chi connectivity index (χ4n) is 3.56. The van der Waals surface area contributed by atoms with Crippen LogP contribution in [-0.2, 0) is 10.0 Å². The molecular weight excluding hydrogens is 414 g/mol. The van der Waals surface area contributed by atoms with E-state index >= 15 is 0 Å². The van der Waals surface area contributed by atoms with Crippen molar-refractivity contribution in [3.8, 4) is 0 Å². The molecule has 0 radical (unpaired) electrons. The summed E-state index contributed by atoms with van der Waals surface area (Å²) in [7, 11) is -3.62. The van der Waals surface area contributed by atoms with Crippen molar-refractivity contribution in [1.29, 1.82) is 0 Å². The zero-order valence-corrected chi connectivity index (χ0v) is 17.9. The highest BCUT2D eigenvalue weighted by Gasteiger charge is 2.34. The second-order valence-electron chi connectivity index (χ2n) is 6.88. The Balaban J connectivity index is 1.47. The summed E-state index contributed by atoms with van der Waals surface area (Å²) in [5, 5.41) is 5.15. The summed E-state index contributed by atoms with van der Waals surface area (Å²) >= 11 is 2.98. The number of thioether (sulfide) groups is 1. The zero-order valence-electron chi connectivity index (χ0n) is 15.4. The predicted octanol–water partition coefficient (Wildman–Crippen LogP) is 2.81. The van der Waals surface area contributed by atoms with Crippen LogP contribution in [0.4, 0.5) is 5.69 Å². The van der Waals surface area contributed by atoms with Gasteiger partial charge < -0.3 is 10.2 Å². The third-order valence-electron chi connectivity index (χ3n) is 5.03. The van der Waals surface area contributed by atoms with Gasteiger partial charge in [-0.15, -0.1) is 11.3 Å². The van der Waals surface area contributed by atoms with Crippen molar-refractivity contribution in [3.05, 3.63) is 46.7 Å². The molecule has 4 rings (SSSR count). The molecule has 1 atom stereocenters. The maximum Gasteiger partial charge on any atom is 0.265 e. The lowest BCUT2D eigenvalue weighted by Gasteiger charge is -2.26. The Morgan fingerprint density at radius 2 is 1.82 bits per heavy atom. The van der Waals surface area contributed by atoms with Gasteiger partial charge in [0, 0.05) is 49.4 Å². The molecule has 1 unspecified atom stereocenters. The van der Waals surface area contributed by atoms with E-state index in [1.165, 1.54) is 15.6 Å². The molecule has 1 amide bonds. The highest BCUT2D eigenvalue weighted by atomic mass is 32.2. The summed E-state index contributed by atoms with van der Waals surface area (Å²) in [6, 6.07) is 11.7. The second-order valence-corrected chi connectivity index (χ2v) is 10.9. The molecule has 0 aliphatic carbocycles. The van der Waals surface area contributed by atoms with E-state index in [9.17, 15) is 13.2 Å². The molecule has 28 heavy (non-hydrogen) atoms. The molecule has 0 saturated carbocycles. The van der Waals surface area contributed by atoms with Crippen molar-refractivity contribution in [1.82, 2.24) is 9.21 Å². The van der Waals surface area contributed by atoms with Gasteiger partial charge in [0.2, 0.25) is 10.0 Å². The van der Waals surface area contributed by atoms with Gasteiger partial charge in [0.25, 0.3) is 5.91 Å². The van der Waals surface area contributed by atoms with Crippen LogP contribution in [0.15, 0.2) is 46.7 Å². The van der Waals surface area contributed by atoms with Crippen molar-refractivity contribution in [2.75, 3.05) is 43.0 Å². The Morgan fingerprint density at radius 3 is 2.57 bits per heavy atom. The summed E-state index contributed by atoms with van der Waals surface area (Å²) in [4.78, 5) is 15.3. The van der Waals surface area contributed by atoms with E-state index < -0.39 is 10.0 Å². The number of benzene rings is 1. The Labute approximate surface area is 174 Å². The molecule has 2 aliphatic rings. The number of sulfonamides is 1. The molecule has 2 aliphatic heterocycles. The van der Waals surface area contributed by atoms with Crippen LogP contribution in [0.2, 0.25) is 0 Å². The topological polar surface area (TPSA) is 69.7 Å². The number of rotatable bonds is 5. The minimum Gasteiger partial charge on any atom is -0.380 e. The van der Waals surface area contributed by atoms with Crippen LogP contribution in [0.5, 0.6) is 0 Å². The molecule has 2 fully saturated rings. The first kappa shape index (κ1) is 19.8. The van der Waals surface area contributed by atoms with Crippen LogP contribution >= 0.6 is 23.1 Å². The zero-order chi connectivity index (χ0) is 19.6. The number of para-hydroxylation sites is 1. The number of hydrogen-bond acceptors (Lipinski definition) is 6. The minimum atomic E-state index is -3.62. The van der Waals surface area contributed by atoms with Crippen molar-refractivity contribution in [2.24, 2.45) is 0 Å². The summed E-state index contributed by atoms with van der Waals surface area (Å²) in [6.07, 6.45) is 0.845. The van der Waals surface area contributed by atoms with Crippen molar-refractivity contribution < 1.29 is 13.2 Å². The number of nitrogens with one attached hydrogen (secondary N) is 1. The Bertz CT molecular complexity index is 924. The van der Waals surface area contributed by atoms with Crippen LogP contribution in [0, 0.1) is 0 Å².